The number of imidazole rings is 1. The number of anilines is 3. The summed E-state index contributed by atoms with van der Waals surface area (Å²) in [5.74, 6) is 7.45. The molecule has 0 aliphatic carbocycles. The number of aromatic amines is 1. The lowest BCUT2D eigenvalue weighted by atomic mass is 10.2. The van der Waals surface area contributed by atoms with Crippen LogP contribution in [-0.2, 0) is 11.3 Å². The van der Waals surface area contributed by atoms with Gasteiger partial charge >= 0.3 is 6.09 Å². The lowest BCUT2D eigenvalue weighted by molar-refractivity contribution is 0.0522. The van der Waals surface area contributed by atoms with E-state index in [1.165, 1.54) is 0 Å². The van der Waals surface area contributed by atoms with Crippen molar-refractivity contribution in [2.45, 2.75) is 46.3 Å². The first kappa shape index (κ1) is 27.9. The average Bonchev–Trinajstić information content (AvgIpc) is 3.32. The summed E-state index contributed by atoms with van der Waals surface area (Å²) in [6.07, 6.45) is 2.07. The topological polar surface area (TPSA) is 160 Å². The normalized spacial score (nSPS) is 10.9. The predicted molar refractivity (Wildman–Crippen MR) is 154 cm³/mol. The number of carbonyl (C=O) groups excluding carboxylic acids is 2. The van der Waals surface area contributed by atoms with Gasteiger partial charge in [0, 0.05) is 23.4 Å². The first-order valence-electron chi connectivity index (χ1n) is 12.8. The molecule has 0 unspecified atom stereocenters. The third-order valence-electron chi connectivity index (χ3n) is 5.43. The van der Waals surface area contributed by atoms with Crippen LogP contribution in [0.2, 0.25) is 0 Å². The van der Waals surface area contributed by atoms with Crippen LogP contribution in [0.25, 0.3) is 11.0 Å². The molecule has 4 aromatic rings. The van der Waals surface area contributed by atoms with Crippen LogP contribution in [0.4, 0.5) is 22.2 Å². The van der Waals surface area contributed by atoms with Crippen molar-refractivity contribution in [2.24, 2.45) is 5.73 Å². The number of carbonyl (C=O) groups is 2. The van der Waals surface area contributed by atoms with Crippen molar-refractivity contribution in [3.63, 3.8) is 0 Å². The summed E-state index contributed by atoms with van der Waals surface area (Å²) < 4.78 is 5.27. The summed E-state index contributed by atoms with van der Waals surface area (Å²) in [5.41, 5.74) is 8.87. The Morgan fingerprint density at radius 2 is 1.85 bits per heavy atom. The maximum Gasteiger partial charge on any atom is 0.408 e. The van der Waals surface area contributed by atoms with Crippen LogP contribution < -0.4 is 21.7 Å². The second-order valence-electron chi connectivity index (χ2n) is 9.97. The van der Waals surface area contributed by atoms with Crippen molar-refractivity contribution in [2.75, 3.05) is 17.2 Å². The molecule has 6 N–H and O–H groups in total. The van der Waals surface area contributed by atoms with E-state index in [9.17, 15) is 9.59 Å². The molecule has 0 fully saturated rings. The maximum atomic E-state index is 11.9. The fourth-order valence-corrected chi connectivity index (χ4v) is 3.59. The van der Waals surface area contributed by atoms with E-state index >= 15 is 0 Å². The maximum absolute atomic E-state index is 11.9. The molecular weight excluding hydrogens is 508 g/mol. The number of primary amides is 1. The Morgan fingerprint density at radius 3 is 2.55 bits per heavy atom. The highest BCUT2D eigenvalue weighted by Gasteiger charge is 2.16. The van der Waals surface area contributed by atoms with E-state index < -0.39 is 17.6 Å². The molecule has 11 heteroatoms. The van der Waals surface area contributed by atoms with Crippen LogP contribution >= 0.6 is 0 Å². The largest absolute Gasteiger partial charge is 0.444 e. The lowest BCUT2D eigenvalue weighted by Gasteiger charge is -2.19. The number of aromatic nitrogens is 4. The zero-order valence-corrected chi connectivity index (χ0v) is 22.9. The van der Waals surface area contributed by atoms with Gasteiger partial charge in [-0.05, 0) is 69.7 Å². The van der Waals surface area contributed by atoms with E-state index in [-0.39, 0.29) is 6.54 Å². The molecule has 40 heavy (non-hydrogen) atoms. The molecule has 2 amide bonds. The summed E-state index contributed by atoms with van der Waals surface area (Å²) in [5, 5.41) is 9.13. The average molecular weight is 541 g/mol. The van der Waals surface area contributed by atoms with Crippen LogP contribution in [0.5, 0.6) is 0 Å². The third-order valence-corrected chi connectivity index (χ3v) is 5.43. The predicted octanol–water partition coefficient (Wildman–Crippen LogP) is 4.44. The van der Waals surface area contributed by atoms with Gasteiger partial charge in [-0.25, -0.2) is 14.8 Å². The molecule has 0 bridgehead atoms. The molecule has 0 radical (unpaired) electrons. The number of nitrogens with zero attached hydrogens (tertiary/aromatic N) is 3. The zero-order valence-electron chi connectivity index (χ0n) is 22.9. The summed E-state index contributed by atoms with van der Waals surface area (Å²) in [6.45, 7) is 8.43. The zero-order chi connectivity index (χ0) is 28.7. The van der Waals surface area contributed by atoms with E-state index in [1.54, 1.807) is 30.5 Å². The molecule has 206 valence electrons. The van der Waals surface area contributed by atoms with Gasteiger partial charge in [0.1, 0.15) is 17.2 Å². The smallest absolute Gasteiger partial charge is 0.408 e. The molecular formula is C29H32N8O3. The molecule has 2 heterocycles. The molecule has 4 rings (SSSR count). The van der Waals surface area contributed by atoms with Crippen LogP contribution in [0.15, 0.2) is 48.7 Å². The van der Waals surface area contributed by atoms with Crippen molar-refractivity contribution < 1.29 is 14.3 Å². The molecule has 0 saturated carbocycles. The highest BCUT2D eigenvalue weighted by atomic mass is 16.6. The SMILES string of the molecule is CCCNc1nc(Nc2ccc(C(N)=O)cc2)ncc1C#Cc1ccc2nc(CNC(=O)OC(C)(C)C)[nH]c2c1. The Labute approximate surface area is 232 Å². The molecule has 2 aromatic heterocycles. The summed E-state index contributed by atoms with van der Waals surface area (Å²) in [7, 11) is 0. The van der Waals surface area contributed by atoms with Crippen molar-refractivity contribution in [3.8, 4) is 11.8 Å². The van der Waals surface area contributed by atoms with Crippen molar-refractivity contribution in [1.29, 1.82) is 0 Å². The van der Waals surface area contributed by atoms with Crippen LogP contribution in [0.1, 0.15) is 61.4 Å². The minimum Gasteiger partial charge on any atom is -0.444 e. The highest BCUT2D eigenvalue weighted by Crippen LogP contribution is 2.19. The summed E-state index contributed by atoms with van der Waals surface area (Å²) in [6, 6.07) is 12.4. The van der Waals surface area contributed by atoms with Gasteiger partial charge in [-0.3, -0.25) is 4.79 Å². The number of hydrogen-bond acceptors (Lipinski definition) is 8. The first-order valence-corrected chi connectivity index (χ1v) is 12.8. The van der Waals surface area contributed by atoms with Gasteiger partial charge in [0.25, 0.3) is 0 Å². The van der Waals surface area contributed by atoms with E-state index in [2.05, 4.69) is 54.7 Å². The quantitative estimate of drug-likeness (QED) is 0.205. The molecule has 0 spiro atoms. The van der Waals surface area contributed by atoms with Crippen LogP contribution in [0.3, 0.4) is 0 Å². The second kappa shape index (κ2) is 12.2. The number of hydrogen-bond donors (Lipinski definition) is 5. The van der Waals surface area contributed by atoms with Crippen molar-refractivity contribution in [3.05, 3.63) is 71.2 Å². The lowest BCUT2D eigenvalue weighted by Crippen LogP contribution is -2.32. The Hall–Kier alpha value is -5.11. The van der Waals surface area contributed by atoms with Gasteiger partial charge in [0.2, 0.25) is 11.9 Å². The highest BCUT2D eigenvalue weighted by molar-refractivity contribution is 5.93. The number of nitrogens with one attached hydrogen (secondary N) is 4. The van der Waals surface area contributed by atoms with E-state index in [1.807, 2.05) is 39.0 Å². The van der Waals surface area contributed by atoms with E-state index in [4.69, 9.17) is 10.5 Å². The Kier molecular flexibility index (Phi) is 8.49. The molecule has 2 aromatic carbocycles. The number of rotatable bonds is 8. The van der Waals surface area contributed by atoms with Crippen molar-refractivity contribution >= 4 is 40.5 Å². The molecule has 0 aliphatic rings. The third kappa shape index (κ3) is 7.70. The summed E-state index contributed by atoms with van der Waals surface area (Å²) >= 11 is 0. The number of nitrogens with two attached hydrogens (primary N) is 1. The number of fused-ring (bicyclic) bond motifs is 1. The van der Waals surface area contributed by atoms with Gasteiger partial charge in [0.15, 0.2) is 0 Å². The number of benzene rings is 2. The van der Waals surface area contributed by atoms with Gasteiger partial charge in [-0.1, -0.05) is 18.8 Å². The number of alkyl carbamates (subject to hydrolysis) is 1. The number of H-pyrrole nitrogens is 1. The Balaban J connectivity index is 1.49. The second-order valence-corrected chi connectivity index (χ2v) is 9.97. The fraction of sp³-hybridized carbons (Fsp3) is 0.276. The standard InChI is InChI=1S/C29H32N8O3/c1-5-14-31-26-20(16-32-27(37-26)34-21-11-9-19(10-12-21)25(30)38)8-6-18-7-13-22-23(15-18)36-24(35-22)17-33-28(39)40-29(2,3)4/h7,9-13,15-16H,5,14,17H2,1-4H3,(H2,30,38)(H,33,39)(H,35,36)(H2,31,32,34,37). The number of amides is 2. The van der Waals surface area contributed by atoms with Gasteiger partial charge in [-0.2, -0.15) is 4.98 Å². The van der Waals surface area contributed by atoms with Gasteiger partial charge < -0.3 is 31.4 Å². The minimum absolute atomic E-state index is 0.212. The minimum atomic E-state index is -0.571. The summed E-state index contributed by atoms with van der Waals surface area (Å²) in [4.78, 5) is 40.0. The first-order chi connectivity index (χ1) is 19.1. The monoisotopic (exact) mass is 540 g/mol. The van der Waals surface area contributed by atoms with E-state index in [0.29, 0.717) is 28.7 Å². The molecule has 0 atom stereocenters. The van der Waals surface area contributed by atoms with E-state index in [0.717, 1.165) is 35.2 Å². The molecule has 0 saturated heterocycles. The fourth-order valence-electron chi connectivity index (χ4n) is 3.59. The Morgan fingerprint density at radius 1 is 1.07 bits per heavy atom. The van der Waals surface area contributed by atoms with Gasteiger partial charge in [0.05, 0.1) is 29.3 Å². The van der Waals surface area contributed by atoms with Crippen molar-refractivity contribution in [1.82, 2.24) is 25.3 Å². The molecule has 0 aliphatic heterocycles. The van der Waals surface area contributed by atoms with Crippen LogP contribution in [-0.4, -0.2) is 44.1 Å². The van der Waals surface area contributed by atoms with Crippen LogP contribution in [0, 0.1) is 11.8 Å². The number of ether oxygens (including phenoxy) is 1. The van der Waals surface area contributed by atoms with Gasteiger partial charge in [-0.15, -0.1) is 0 Å². The molecule has 11 nitrogen and oxygen atoms in total. The Bertz CT molecular complexity index is 1580.